The predicted molar refractivity (Wildman–Crippen MR) is 95.9 cm³/mol. The van der Waals surface area contributed by atoms with Crippen molar-refractivity contribution >= 4 is 17.5 Å². The first kappa shape index (κ1) is 17.4. The predicted octanol–water partition coefficient (Wildman–Crippen LogP) is 5.14. The van der Waals surface area contributed by atoms with E-state index in [0.29, 0.717) is 23.7 Å². The Morgan fingerprint density at radius 2 is 2.00 bits per heavy atom. The van der Waals surface area contributed by atoms with Crippen LogP contribution in [0.25, 0.3) is 0 Å². The van der Waals surface area contributed by atoms with Crippen LogP contribution in [0.3, 0.4) is 0 Å². The molecular weight excluding hydrogens is 319 g/mol. The van der Waals surface area contributed by atoms with Gasteiger partial charge in [0.2, 0.25) is 0 Å². The Bertz CT molecular complexity index is 791. The van der Waals surface area contributed by atoms with Crippen molar-refractivity contribution in [2.24, 2.45) is 0 Å². The van der Waals surface area contributed by atoms with Gasteiger partial charge in [-0.2, -0.15) is 0 Å². The van der Waals surface area contributed by atoms with Crippen molar-refractivity contribution in [2.75, 3.05) is 11.9 Å². The molecule has 0 saturated carbocycles. The summed E-state index contributed by atoms with van der Waals surface area (Å²) < 4.78 is 18.7. The lowest BCUT2D eigenvalue weighted by molar-refractivity contribution is 0.0523. The van der Waals surface area contributed by atoms with Gasteiger partial charge in [-0.15, -0.1) is 0 Å². The topological polar surface area (TPSA) is 51.2 Å². The minimum atomic E-state index is -0.329. The van der Waals surface area contributed by atoms with Gasteiger partial charge in [-0.05, 0) is 55.4 Å². The van der Waals surface area contributed by atoms with E-state index < -0.39 is 0 Å². The van der Waals surface area contributed by atoms with Gasteiger partial charge in [0.15, 0.2) is 0 Å². The van der Waals surface area contributed by atoms with Crippen molar-refractivity contribution in [2.45, 2.75) is 45.4 Å². The molecule has 1 aromatic carbocycles. The van der Waals surface area contributed by atoms with Crippen LogP contribution in [-0.2, 0) is 4.74 Å². The maximum Gasteiger partial charge on any atom is 0.339 e. The molecule has 0 spiro atoms. The number of hydrogen-bond donors (Lipinski definition) is 1. The fourth-order valence-electron chi connectivity index (χ4n) is 3.53. The maximum atomic E-state index is 13.5. The summed E-state index contributed by atoms with van der Waals surface area (Å²) in [5.41, 5.74) is 3.23. The lowest BCUT2D eigenvalue weighted by Crippen LogP contribution is -2.20. The molecule has 0 aliphatic heterocycles. The average Bonchev–Trinajstić information content (AvgIpc) is 2.58. The molecule has 1 aliphatic carbocycles. The standard InChI is InChI=1S/C20H23FN2O2/c1-4-25-20(24)16-11-22-19(23-15-7-5-6-14(21)10-15)18-13(3)9-8-12(2)17(16)18/h5-7,10-13H,4,8-9H2,1-3H3,(H,22,23). The monoisotopic (exact) mass is 342 g/mol. The van der Waals surface area contributed by atoms with Crippen molar-refractivity contribution < 1.29 is 13.9 Å². The normalized spacial score (nSPS) is 19.2. The van der Waals surface area contributed by atoms with E-state index in [4.69, 9.17) is 4.74 Å². The average molecular weight is 342 g/mol. The summed E-state index contributed by atoms with van der Waals surface area (Å²) in [7, 11) is 0. The van der Waals surface area contributed by atoms with Crippen molar-refractivity contribution in [3.63, 3.8) is 0 Å². The van der Waals surface area contributed by atoms with Gasteiger partial charge < -0.3 is 10.1 Å². The number of anilines is 2. The SMILES string of the molecule is CCOC(=O)c1cnc(Nc2cccc(F)c2)c2c1C(C)CCC2C. The first-order valence-electron chi connectivity index (χ1n) is 8.73. The fraction of sp³-hybridized carbons (Fsp3) is 0.400. The van der Waals surface area contributed by atoms with Crippen LogP contribution in [0.1, 0.15) is 66.9 Å². The van der Waals surface area contributed by atoms with Crippen LogP contribution in [0.5, 0.6) is 0 Å². The number of benzene rings is 1. The summed E-state index contributed by atoms with van der Waals surface area (Å²) in [4.78, 5) is 16.8. The van der Waals surface area contributed by atoms with Crippen molar-refractivity contribution in [3.8, 4) is 0 Å². The van der Waals surface area contributed by atoms with Gasteiger partial charge in [-0.25, -0.2) is 14.2 Å². The van der Waals surface area contributed by atoms with Crippen LogP contribution >= 0.6 is 0 Å². The zero-order valence-electron chi connectivity index (χ0n) is 14.8. The molecule has 0 radical (unpaired) electrons. The number of esters is 1. The largest absolute Gasteiger partial charge is 0.462 e. The van der Waals surface area contributed by atoms with E-state index in [1.54, 1.807) is 25.3 Å². The highest BCUT2D eigenvalue weighted by molar-refractivity contribution is 5.92. The van der Waals surface area contributed by atoms with Gasteiger partial charge in [0.05, 0.1) is 12.2 Å². The Morgan fingerprint density at radius 3 is 2.68 bits per heavy atom. The molecule has 4 nitrogen and oxygen atoms in total. The van der Waals surface area contributed by atoms with E-state index in [0.717, 1.165) is 24.0 Å². The molecule has 0 fully saturated rings. The number of hydrogen-bond acceptors (Lipinski definition) is 4. The first-order valence-corrected chi connectivity index (χ1v) is 8.73. The molecule has 5 heteroatoms. The van der Waals surface area contributed by atoms with Crippen LogP contribution in [0.2, 0.25) is 0 Å². The number of fused-ring (bicyclic) bond motifs is 1. The summed E-state index contributed by atoms with van der Waals surface area (Å²) in [6.45, 7) is 6.39. The van der Waals surface area contributed by atoms with Gasteiger partial charge in [0.1, 0.15) is 11.6 Å². The molecule has 2 atom stereocenters. The molecular formula is C20H23FN2O2. The van der Waals surface area contributed by atoms with E-state index in [9.17, 15) is 9.18 Å². The van der Waals surface area contributed by atoms with Crippen molar-refractivity contribution in [3.05, 3.63) is 53.0 Å². The lowest BCUT2D eigenvalue weighted by Gasteiger charge is -2.31. The van der Waals surface area contributed by atoms with Gasteiger partial charge >= 0.3 is 5.97 Å². The molecule has 1 N–H and O–H groups in total. The van der Waals surface area contributed by atoms with Gasteiger partial charge in [0, 0.05) is 17.4 Å². The van der Waals surface area contributed by atoms with Crippen LogP contribution in [0.4, 0.5) is 15.9 Å². The Morgan fingerprint density at radius 1 is 1.28 bits per heavy atom. The molecule has 0 saturated heterocycles. The number of rotatable bonds is 4. The number of halogens is 1. The molecule has 132 valence electrons. The van der Waals surface area contributed by atoms with Gasteiger partial charge in [-0.3, -0.25) is 0 Å². The molecule has 2 unspecified atom stereocenters. The highest BCUT2D eigenvalue weighted by atomic mass is 19.1. The fourth-order valence-corrected chi connectivity index (χ4v) is 3.53. The lowest BCUT2D eigenvalue weighted by atomic mass is 9.76. The Balaban J connectivity index is 2.08. The van der Waals surface area contributed by atoms with E-state index in [1.807, 2.05) is 0 Å². The van der Waals surface area contributed by atoms with Crippen LogP contribution < -0.4 is 5.32 Å². The first-order chi connectivity index (χ1) is 12.0. The minimum absolute atomic E-state index is 0.252. The Labute approximate surface area is 147 Å². The number of carbonyl (C=O) groups excluding carboxylic acids is 1. The zero-order valence-corrected chi connectivity index (χ0v) is 14.8. The highest BCUT2D eigenvalue weighted by Crippen LogP contribution is 2.43. The van der Waals surface area contributed by atoms with E-state index in [-0.39, 0.29) is 23.6 Å². The third kappa shape index (κ3) is 3.50. The molecule has 25 heavy (non-hydrogen) atoms. The second-order valence-corrected chi connectivity index (χ2v) is 6.58. The molecule has 0 amide bonds. The molecule has 3 rings (SSSR count). The maximum absolute atomic E-state index is 13.5. The van der Waals surface area contributed by atoms with Crippen LogP contribution in [0.15, 0.2) is 30.5 Å². The molecule has 0 bridgehead atoms. The van der Waals surface area contributed by atoms with Crippen LogP contribution in [0, 0.1) is 5.82 Å². The number of ether oxygens (including phenoxy) is 1. The Kier molecular flexibility index (Phi) is 5.02. The minimum Gasteiger partial charge on any atom is -0.462 e. The van der Waals surface area contributed by atoms with Gasteiger partial charge in [0.25, 0.3) is 0 Å². The van der Waals surface area contributed by atoms with Crippen LogP contribution in [-0.4, -0.2) is 17.6 Å². The van der Waals surface area contributed by atoms with E-state index >= 15 is 0 Å². The quantitative estimate of drug-likeness (QED) is 0.782. The molecule has 2 aromatic rings. The van der Waals surface area contributed by atoms with Crippen molar-refractivity contribution in [1.29, 1.82) is 0 Å². The zero-order chi connectivity index (χ0) is 18.0. The summed E-state index contributed by atoms with van der Waals surface area (Å²) in [6, 6.07) is 6.30. The third-order valence-electron chi connectivity index (χ3n) is 4.76. The summed E-state index contributed by atoms with van der Waals surface area (Å²) >= 11 is 0. The number of pyridine rings is 1. The molecule has 1 aliphatic rings. The van der Waals surface area contributed by atoms with E-state index in [1.165, 1.54) is 12.1 Å². The van der Waals surface area contributed by atoms with Crippen molar-refractivity contribution in [1.82, 2.24) is 4.98 Å². The number of aromatic nitrogens is 1. The third-order valence-corrected chi connectivity index (χ3v) is 4.76. The number of nitrogens with zero attached hydrogens (tertiary/aromatic N) is 1. The Hall–Kier alpha value is -2.43. The number of carbonyl (C=O) groups is 1. The second kappa shape index (κ2) is 7.21. The van der Waals surface area contributed by atoms with Gasteiger partial charge in [-0.1, -0.05) is 19.9 Å². The smallest absolute Gasteiger partial charge is 0.339 e. The molecule has 1 heterocycles. The second-order valence-electron chi connectivity index (χ2n) is 6.58. The highest BCUT2D eigenvalue weighted by Gasteiger charge is 2.30. The summed E-state index contributed by atoms with van der Waals surface area (Å²) in [5, 5.41) is 3.22. The van der Waals surface area contributed by atoms with E-state index in [2.05, 4.69) is 24.1 Å². The molecule has 1 aromatic heterocycles. The summed E-state index contributed by atoms with van der Waals surface area (Å²) in [5.74, 6) is 0.575. The number of nitrogens with one attached hydrogen (secondary N) is 1. The summed E-state index contributed by atoms with van der Waals surface area (Å²) in [6.07, 6.45) is 3.62.